The van der Waals surface area contributed by atoms with Crippen molar-refractivity contribution in [1.82, 2.24) is 4.90 Å². The Labute approximate surface area is 158 Å². The smallest absolute Gasteiger partial charge is 0.255 e. The zero-order valence-electron chi connectivity index (χ0n) is 14.8. The van der Waals surface area contributed by atoms with E-state index in [1.807, 2.05) is 19.0 Å². The van der Waals surface area contributed by atoms with Gasteiger partial charge in [0.05, 0.1) is 9.92 Å². The highest BCUT2D eigenvalue weighted by Gasteiger charge is 2.16. The maximum Gasteiger partial charge on any atom is 0.255 e. The monoisotopic (exact) mass is 396 g/mol. The molecule has 0 unspecified atom stereocenters. The summed E-state index contributed by atoms with van der Waals surface area (Å²) in [4.78, 5) is 14.3. The lowest BCUT2D eigenvalue weighted by molar-refractivity contribution is 0.102. The SMILES string of the molecule is CN(C)CCOc1ccc(NC(=O)c2ccc(Cl)c(S(C)(=O)=O)c2)cc1. The minimum atomic E-state index is -3.51. The number of ether oxygens (including phenoxy) is 1. The van der Waals surface area contributed by atoms with Crippen LogP contribution in [0.25, 0.3) is 0 Å². The second-order valence-electron chi connectivity index (χ2n) is 6.05. The first-order chi connectivity index (χ1) is 12.2. The number of carbonyl (C=O) groups excluding carboxylic acids is 1. The summed E-state index contributed by atoms with van der Waals surface area (Å²) in [5.41, 5.74) is 0.784. The van der Waals surface area contributed by atoms with Crippen molar-refractivity contribution in [2.45, 2.75) is 4.90 Å². The van der Waals surface area contributed by atoms with Gasteiger partial charge in [0.25, 0.3) is 5.91 Å². The van der Waals surface area contributed by atoms with Crippen LogP contribution < -0.4 is 10.1 Å². The van der Waals surface area contributed by atoms with Gasteiger partial charge < -0.3 is 15.0 Å². The van der Waals surface area contributed by atoms with Crippen molar-refractivity contribution < 1.29 is 17.9 Å². The third kappa shape index (κ3) is 5.72. The molecule has 1 N–H and O–H groups in total. The lowest BCUT2D eigenvalue weighted by Crippen LogP contribution is -2.19. The summed E-state index contributed by atoms with van der Waals surface area (Å²) in [6.07, 6.45) is 1.05. The highest BCUT2D eigenvalue weighted by Crippen LogP contribution is 2.23. The standard InChI is InChI=1S/C18H21ClN2O4S/c1-21(2)10-11-25-15-7-5-14(6-8-15)20-18(22)13-4-9-16(19)17(12-13)26(3,23)24/h4-9,12H,10-11H2,1-3H3,(H,20,22). The average Bonchev–Trinajstić information content (AvgIpc) is 2.55. The molecule has 0 fully saturated rings. The number of hydrogen-bond donors (Lipinski definition) is 1. The number of hydrogen-bond acceptors (Lipinski definition) is 5. The molecule has 26 heavy (non-hydrogen) atoms. The quantitative estimate of drug-likeness (QED) is 0.778. The highest BCUT2D eigenvalue weighted by molar-refractivity contribution is 7.90. The van der Waals surface area contributed by atoms with E-state index in [2.05, 4.69) is 5.32 Å². The van der Waals surface area contributed by atoms with Gasteiger partial charge >= 0.3 is 0 Å². The first kappa shape index (κ1) is 20.2. The van der Waals surface area contributed by atoms with Crippen molar-refractivity contribution in [3.8, 4) is 5.75 Å². The van der Waals surface area contributed by atoms with Gasteiger partial charge in [0.15, 0.2) is 9.84 Å². The fourth-order valence-corrected chi connectivity index (χ4v) is 3.41. The van der Waals surface area contributed by atoms with Crippen molar-refractivity contribution in [3.63, 3.8) is 0 Å². The molecule has 0 aliphatic carbocycles. The van der Waals surface area contributed by atoms with Crippen LogP contribution in [-0.2, 0) is 9.84 Å². The predicted molar refractivity (Wildman–Crippen MR) is 103 cm³/mol. The average molecular weight is 397 g/mol. The normalized spacial score (nSPS) is 11.4. The molecule has 2 rings (SSSR count). The first-order valence-electron chi connectivity index (χ1n) is 7.85. The molecule has 0 atom stereocenters. The molecule has 2 aromatic carbocycles. The van der Waals surface area contributed by atoms with E-state index < -0.39 is 15.7 Å². The Bertz CT molecular complexity index is 881. The minimum absolute atomic E-state index is 0.0727. The van der Waals surface area contributed by atoms with Crippen LogP contribution in [0.15, 0.2) is 47.4 Å². The predicted octanol–water partition coefficient (Wildman–Crippen LogP) is 2.94. The van der Waals surface area contributed by atoms with E-state index in [1.54, 1.807) is 24.3 Å². The number of anilines is 1. The third-order valence-corrected chi connectivity index (χ3v) is 5.09. The molecule has 0 aliphatic heterocycles. The molecule has 6 nitrogen and oxygen atoms in total. The fraction of sp³-hybridized carbons (Fsp3) is 0.278. The molecule has 0 bridgehead atoms. The number of benzene rings is 2. The second kappa shape index (κ2) is 8.53. The van der Waals surface area contributed by atoms with Crippen molar-refractivity contribution >= 4 is 33.0 Å². The van der Waals surface area contributed by atoms with Gasteiger partial charge in [-0.2, -0.15) is 0 Å². The minimum Gasteiger partial charge on any atom is -0.492 e. The summed E-state index contributed by atoms with van der Waals surface area (Å²) in [7, 11) is 0.417. The molecular formula is C18H21ClN2O4S. The summed E-state index contributed by atoms with van der Waals surface area (Å²) >= 11 is 5.90. The summed E-state index contributed by atoms with van der Waals surface area (Å²) < 4.78 is 29.0. The second-order valence-corrected chi connectivity index (χ2v) is 8.44. The molecule has 2 aromatic rings. The van der Waals surface area contributed by atoms with Crippen LogP contribution in [0.3, 0.4) is 0 Å². The molecule has 0 spiro atoms. The molecule has 0 saturated heterocycles. The van der Waals surface area contributed by atoms with Gasteiger partial charge in [-0.3, -0.25) is 4.79 Å². The molecule has 0 saturated carbocycles. The molecule has 0 aromatic heterocycles. The van der Waals surface area contributed by atoms with E-state index in [0.717, 1.165) is 12.8 Å². The highest BCUT2D eigenvalue weighted by atomic mass is 35.5. The molecule has 0 heterocycles. The van der Waals surface area contributed by atoms with Crippen LogP contribution in [0.4, 0.5) is 5.69 Å². The molecular weight excluding hydrogens is 376 g/mol. The topological polar surface area (TPSA) is 75.7 Å². The molecule has 140 valence electrons. The third-order valence-electron chi connectivity index (χ3n) is 3.51. The van der Waals surface area contributed by atoms with E-state index in [9.17, 15) is 13.2 Å². The van der Waals surface area contributed by atoms with Gasteiger partial charge in [-0.05, 0) is 56.6 Å². The molecule has 0 aliphatic rings. The Morgan fingerprint density at radius 1 is 1.15 bits per heavy atom. The van der Waals surface area contributed by atoms with Crippen LogP contribution in [-0.4, -0.2) is 52.7 Å². The van der Waals surface area contributed by atoms with E-state index in [0.29, 0.717) is 18.0 Å². The Morgan fingerprint density at radius 2 is 1.81 bits per heavy atom. The largest absolute Gasteiger partial charge is 0.492 e. The first-order valence-corrected chi connectivity index (χ1v) is 10.1. The maximum atomic E-state index is 12.4. The van der Waals surface area contributed by atoms with E-state index in [1.165, 1.54) is 18.2 Å². The van der Waals surface area contributed by atoms with Crippen LogP contribution in [0.1, 0.15) is 10.4 Å². The van der Waals surface area contributed by atoms with Gasteiger partial charge in [-0.15, -0.1) is 0 Å². The van der Waals surface area contributed by atoms with Crippen LogP contribution >= 0.6 is 11.6 Å². The van der Waals surface area contributed by atoms with Crippen LogP contribution in [0.5, 0.6) is 5.75 Å². The summed E-state index contributed by atoms with van der Waals surface area (Å²) in [5, 5.41) is 2.80. The maximum absolute atomic E-state index is 12.4. The van der Waals surface area contributed by atoms with Gasteiger partial charge in [0.1, 0.15) is 12.4 Å². The number of carbonyl (C=O) groups is 1. The number of sulfone groups is 1. The lowest BCUT2D eigenvalue weighted by atomic mass is 10.2. The Kier molecular flexibility index (Phi) is 6.63. The van der Waals surface area contributed by atoms with Crippen LogP contribution in [0, 0.1) is 0 Å². The zero-order valence-corrected chi connectivity index (χ0v) is 16.4. The van der Waals surface area contributed by atoms with Crippen molar-refractivity contribution in [1.29, 1.82) is 0 Å². The number of halogens is 1. The Morgan fingerprint density at radius 3 is 2.38 bits per heavy atom. The Balaban J connectivity index is 2.06. The number of likely N-dealkylation sites (N-methyl/N-ethyl adjacent to an activating group) is 1. The van der Waals surface area contributed by atoms with Gasteiger partial charge in [0, 0.05) is 24.1 Å². The number of rotatable bonds is 7. The Hall–Kier alpha value is -2.09. The number of amides is 1. The molecule has 1 amide bonds. The lowest BCUT2D eigenvalue weighted by Gasteiger charge is -2.12. The summed E-state index contributed by atoms with van der Waals surface area (Å²) in [6, 6.07) is 11.1. The van der Waals surface area contributed by atoms with E-state index in [-0.39, 0.29) is 15.5 Å². The van der Waals surface area contributed by atoms with E-state index >= 15 is 0 Å². The van der Waals surface area contributed by atoms with Crippen molar-refractivity contribution in [3.05, 3.63) is 53.1 Å². The zero-order chi connectivity index (χ0) is 19.3. The van der Waals surface area contributed by atoms with Gasteiger partial charge in [0.2, 0.25) is 0 Å². The van der Waals surface area contributed by atoms with Crippen molar-refractivity contribution in [2.24, 2.45) is 0 Å². The van der Waals surface area contributed by atoms with Crippen molar-refractivity contribution in [2.75, 3.05) is 38.8 Å². The fourth-order valence-electron chi connectivity index (χ4n) is 2.11. The van der Waals surface area contributed by atoms with E-state index in [4.69, 9.17) is 16.3 Å². The molecule has 0 radical (unpaired) electrons. The number of nitrogens with zero attached hydrogens (tertiary/aromatic N) is 1. The number of nitrogens with one attached hydrogen (secondary N) is 1. The van der Waals surface area contributed by atoms with Gasteiger partial charge in [-0.25, -0.2) is 8.42 Å². The van der Waals surface area contributed by atoms with Gasteiger partial charge in [-0.1, -0.05) is 11.6 Å². The van der Waals surface area contributed by atoms with Crippen LogP contribution in [0.2, 0.25) is 5.02 Å². The summed E-state index contributed by atoms with van der Waals surface area (Å²) in [5.74, 6) is 0.281. The molecule has 8 heteroatoms. The summed E-state index contributed by atoms with van der Waals surface area (Å²) in [6.45, 7) is 1.37.